The summed E-state index contributed by atoms with van der Waals surface area (Å²) in [5.41, 5.74) is 11.3. The maximum atomic E-state index is 13.6. The molecule has 126 heavy (non-hydrogen) atoms. The molecule has 16 aromatic rings. The predicted molar refractivity (Wildman–Crippen MR) is 493 cm³/mol. The zero-order valence-corrected chi connectivity index (χ0v) is 71.4. The van der Waals surface area contributed by atoms with E-state index in [1.165, 1.54) is 70.4 Å². The molecule has 16 rings (SSSR count). The summed E-state index contributed by atoms with van der Waals surface area (Å²) in [6.07, 6.45) is 11.8. The molecule has 0 aliphatic carbocycles. The van der Waals surface area contributed by atoms with Gasteiger partial charge in [-0.15, -0.1) is 45.3 Å². The summed E-state index contributed by atoms with van der Waals surface area (Å²) in [6.45, 7) is 12.9. The van der Waals surface area contributed by atoms with Crippen molar-refractivity contribution in [1.82, 2.24) is 0 Å². The number of hydrogen-bond donors (Lipinski definition) is 4. The number of phenols is 4. The van der Waals surface area contributed by atoms with Crippen molar-refractivity contribution in [3.8, 4) is 69.0 Å². The lowest BCUT2D eigenvalue weighted by Gasteiger charge is -2.11. The number of thiophene rings is 4. The predicted octanol–water partition coefficient (Wildman–Crippen LogP) is 24.9. The molecular formula is C102H76O20S4. The highest BCUT2D eigenvalue weighted by Gasteiger charge is 2.29. The Morgan fingerprint density at radius 3 is 0.802 bits per heavy atom. The molecule has 4 aromatic heterocycles. The number of ketones is 4. The Bertz CT molecular complexity index is 6660. The van der Waals surface area contributed by atoms with Crippen molar-refractivity contribution in [2.45, 2.75) is 41.5 Å². The van der Waals surface area contributed by atoms with Gasteiger partial charge < -0.3 is 58.3 Å². The quantitative estimate of drug-likeness (QED) is 0.0153. The highest BCUT2D eigenvalue weighted by molar-refractivity contribution is 7.22. The van der Waals surface area contributed by atoms with E-state index in [0.717, 1.165) is 96.0 Å². The van der Waals surface area contributed by atoms with E-state index in [0.29, 0.717) is 114 Å². The van der Waals surface area contributed by atoms with Gasteiger partial charge in [0.1, 0.15) is 65.5 Å². The number of aryl methyl sites for hydroxylation is 6. The molecule has 0 amide bonds. The average Bonchev–Trinajstić information content (AvgIpc) is 1.64. The number of carbonyl (C=O) groups is 8. The van der Waals surface area contributed by atoms with Crippen LogP contribution in [0.25, 0.3) is 64.6 Å². The Hall–Kier alpha value is -15.6. The lowest BCUT2D eigenvalue weighted by Crippen LogP contribution is -2.05. The van der Waals surface area contributed by atoms with Crippen LogP contribution in [0, 0.1) is 41.5 Å². The molecule has 0 saturated heterocycles. The molecule has 0 aliphatic rings. The van der Waals surface area contributed by atoms with E-state index in [9.17, 15) is 58.8 Å². The Morgan fingerprint density at radius 2 is 0.532 bits per heavy atom. The van der Waals surface area contributed by atoms with Crippen LogP contribution in [-0.2, 0) is 38.1 Å². The molecule has 12 aromatic carbocycles. The second-order valence-corrected chi connectivity index (χ2v) is 32.3. The molecule has 0 bridgehead atoms. The van der Waals surface area contributed by atoms with Crippen molar-refractivity contribution in [2.75, 3.05) is 0 Å². The van der Waals surface area contributed by atoms with E-state index in [-0.39, 0.29) is 46.1 Å². The van der Waals surface area contributed by atoms with Crippen molar-refractivity contribution in [3.63, 3.8) is 0 Å². The summed E-state index contributed by atoms with van der Waals surface area (Å²) < 4.78 is 46.0. The second-order valence-electron chi connectivity index (χ2n) is 28.1. The second kappa shape index (κ2) is 41.3. The van der Waals surface area contributed by atoms with Crippen LogP contribution in [0.5, 0.6) is 69.0 Å². The minimum Gasteiger partial charge on any atom is -0.508 e. The van der Waals surface area contributed by atoms with Gasteiger partial charge in [-0.3, -0.25) is 38.4 Å². The maximum absolute atomic E-state index is 13.6. The third-order valence-electron chi connectivity index (χ3n) is 19.4. The Labute approximate surface area is 738 Å². The van der Waals surface area contributed by atoms with Crippen molar-refractivity contribution in [2.24, 2.45) is 0 Å². The number of rotatable bonds is 28. The SMILES string of the molecule is Cc1ccc(C(=O)c2sc3cc(O)ccc3c2Oc2ccc(/C=C/OC=O)cc2)c(C)c1.Cc1cccc(C)c1C(=O)c1sc2cc(O)ccc2c1Oc1ccc(/C=C/OC=O)cc1.Cc1ccccc1C(=O)c1sc2cc(O)ccc2c1Oc1ccc(/C=C/OC=O)cc1.Cc1ccccc1C(=O)c1sc2cc(O)ccc2c1Oc1ccc(/C=C/OC=O)cc1. The zero-order valence-electron chi connectivity index (χ0n) is 68.1. The standard InChI is InChI=1S/2C26H20O5S.2C25H18O5S/c1-16-3-9-21(17(2)13-16)24(29)26-25(22-10-6-19(28)14-23(22)32-26)31-20-7-4-18(5-8-20)11-12-30-15-27;1-16-4-3-5-17(2)23(16)24(29)26-25(21-11-8-19(28)14-22(21)32-26)31-20-9-6-18(7-10-20)12-13-30-15-27;2*1-16-4-2-3-5-20(16)23(28)25-24(21-11-8-18(27)14-22(21)31-25)30-19-9-6-17(7-10-19)12-13-29-15-26/h2*3-15,28H,1-2H3;2*2-15,27H,1H3/b12-11+;3*13-12+. The van der Waals surface area contributed by atoms with Gasteiger partial charge in [0.05, 0.1) is 25.0 Å². The van der Waals surface area contributed by atoms with Crippen LogP contribution in [0.3, 0.4) is 0 Å². The number of ether oxygens (including phenoxy) is 8. The van der Waals surface area contributed by atoms with Crippen LogP contribution in [0.15, 0.2) is 280 Å². The van der Waals surface area contributed by atoms with Crippen LogP contribution in [-0.4, -0.2) is 69.4 Å². The summed E-state index contributed by atoms with van der Waals surface area (Å²) in [7, 11) is 0. The molecule has 0 spiro atoms. The molecule has 20 nitrogen and oxygen atoms in total. The molecule has 24 heteroatoms. The molecule has 0 aliphatic heterocycles. The van der Waals surface area contributed by atoms with Gasteiger partial charge in [0.15, 0.2) is 23.0 Å². The van der Waals surface area contributed by atoms with Gasteiger partial charge in [0, 0.05) is 62.6 Å². The van der Waals surface area contributed by atoms with Gasteiger partial charge in [-0.25, -0.2) is 0 Å². The van der Waals surface area contributed by atoms with Gasteiger partial charge in [-0.1, -0.05) is 139 Å². The van der Waals surface area contributed by atoms with Gasteiger partial charge >= 0.3 is 0 Å². The molecule has 0 fully saturated rings. The normalized spacial score (nSPS) is 11.0. The summed E-state index contributed by atoms with van der Waals surface area (Å²) >= 11 is 5.17. The van der Waals surface area contributed by atoms with E-state index in [1.807, 2.05) is 163 Å². The third kappa shape index (κ3) is 21.5. The first-order valence-electron chi connectivity index (χ1n) is 38.7. The lowest BCUT2D eigenvalue weighted by molar-refractivity contribution is -0.124. The van der Waals surface area contributed by atoms with E-state index < -0.39 is 0 Å². The topological polar surface area (TPSA) is 291 Å². The number of carbonyl (C=O) groups excluding carboxylic acids is 8. The minimum absolute atomic E-state index is 0.109. The molecule has 0 atom stereocenters. The van der Waals surface area contributed by atoms with Crippen LogP contribution in [0.4, 0.5) is 0 Å². The minimum atomic E-state index is -0.126. The smallest absolute Gasteiger partial charge is 0.297 e. The molecule has 0 saturated carbocycles. The Morgan fingerprint density at radius 1 is 0.270 bits per heavy atom. The first-order valence-corrected chi connectivity index (χ1v) is 41.9. The number of hydrogen-bond acceptors (Lipinski definition) is 24. The fourth-order valence-electron chi connectivity index (χ4n) is 13.3. The Balaban J connectivity index is 0.000000144. The van der Waals surface area contributed by atoms with E-state index >= 15 is 0 Å². The van der Waals surface area contributed by atoms with Gasteiger partial charge in [0.2, 0.25) is 23.1 Å². The largest absolute Gasteiger partial charge is 0.508 e. The van der Waals surface area contributed by atoms with Crippen molar-refractivity contribution in [3.05, 3.63) is 377 Å². The van der Waals surface area contributed by atoms with Crippen LogP contribution in [0.1, 0.15) is 117 Å². The van der Waals surface area contributed by atoms with Crippen molar-refractivity contribution in [1.29, 1.82) is 0 Å². The summed E-state index contributed by atoms with van der Waals surface area (Å²) in [4.78, 5) is 96.6. The summed E-state index contributed by atoms with van der Waals surface area (Å²) in [5, 5.41) is 42.6. The number of aromatic hydroxyl groups is 4. The summed E-state index contributed by atoms with van der Waals surface area (Å²) in [5.74, 6) is 4.10. The molecule has 0 radical (unpaired) electrons. The Kier molecular flexibility index (Phi) is 28.9. The van der Waals surface area contributed by atoms with Gasteiger partial charge in [0.25, 0.3) is 25.9 Å². The van der Waals surface area contributed by atoms with Crippen LogP contribution >= 0.6 is 45.3 Å². The van der Waals surface area contributed by atoms with Crippen molar-refractivity contribution >= 4 is 159 Å². The lowest BCUT2D eigenvalue weighted by atomic mass is 9.98. The van der Waals surface area contributed by atoms with Crippen LogP contribution in [0.2, 0.25) is 0 Å². The fourth-order valence-corrected chi connectivity index (χ4v) is 17.7. The van der Waals surface area contributed by atoms with Gasteiger partial charge in [-0.2, -0.15) is 0 Å². The van der Waals surface area contributed by atoms with Crippen LogP contribution < -0.4 is 18.9 Å². The first-order chi connectivity index (χ1) is 61.1. The van der Waals surface area contributed by atoms with E-state index in [1.54, 1.807) is 158 Å². The molecule has 4 N–H and O–H groups in total. The molecule has 0 unspecified atom stereocenters. The number of benzene rings is 12. The molecule has 4 heterocycles. The highest BCUT2D eigenvalue weighted by atomic mass is 32.1. The van der Waals surface area contributed by atoms with E-state index in [4.69, 9.17) is 18.9 Å². The molecular weight excluding hydrogens is 1670 g/mol. The maximum Gasteiger partial charge on any atom is 0.297 e. The monoisotopic (exact) mass is 1750 g/mol. The summed E-state index contributed by atoms with van der Waals surface area (Å²) in [6, 6.07) is 74.8. The van der Waals surface area contributed by atoms with E-state index in [2.05, 4.69) is 18.9 Å². The first kappa shape index (κ1) is 88.2. The fraction of sp³-hybridized carbons (Fsp3) is 0.0588. The number of phenolic OH excluding ortho intramolecular Hbond substituents is 4. The number of fused-ring (bicyclic) bond motifs is 4. The third-order valence-corrected chi connectivity index (χ3v) is 24.0. The average molecular weight is 1750 g/mol. The van der Waals surface area contributed by atoms with Crippen molar-refractivity contribution < 1.29 is 96.7 Å². The molecule has 628 valence electrons. The highest BCUT2D eigenvalue weighted by Crippen LogP contribution is 2.48. The van der Waals surface area contributed by atoms with Gasteiger partial charge in [-0.05, 0) is 237 Å². The zero-order chi connectivity index (χ0) is 88.9.